The van der Waals surface area contributed by atoms with Crippen LogP contribution in [0.25, 0.3) is 0 Å². The van der Waals surface area contributed by atoms with E-state index in [0.717, 1.165) is 12.5 Å². The number of hydrogen-bond donors (Lipinski definition) is 2. The molecule has 0 atom stereocenters. The summed E-state index contributed by atoms with van der Waals surface area (Å²) in [5, 5.41) is 3.09. The molecule has 0 aromatic carbocycles. The average Bonchev–Trinajstić information content (AvgIpc) is 2.99. The number of nitrogens with two attached hydrogens (primary N) is 1. The van der Waals surface area contributed by atoms with Gasteiger partial charge in [0.05, 0.1) is 18.1 Å². The fraction of sp³-hybridized carbons (Fsp3) is 0.400. The fourth-order valence-electron chi connectivity index (χ4n) is 1.13. The number of nitrogen functional groups attached to an aromatic ring is 1. The maximum Gasteiger partial charge on any atom is 0.222 e. The van der Waals surface area contributed by atoms with E-state index in [0.29, 0.717) is 11.6 Å². The van der Waals surface area contributed by atoms with Gasteiger partial charge < -0.3 is 11.1 Å². The molecule has 1 aromatic rings. The zero-order chi connectivity index (χ0) is 9.80. The summed E-state index contributed by atoms with van der Waals surface area (Å²) in [6, 6.07) is 0. The molecule has 0 unspecified atom stereocenters. The van der Waals surface area contributed by atoms with Gasteiger partial charge in [-0.3, -0.25) is 0 Å². The third-order valence-electron chi connectivity index (χ3n) is 2.08. The topological polar surface area (TPSA) is 63.8 Å². The SMILES string of the molecule is Nc1cnc(NC/C=C/C2CC2)nc1. The summed E-state index contributed by atoms with van der Waals surface area (Å²) in [5.41, 5.74) is 6.05. The largest absolute Gasteiger partial charge is 0.396 e. The molecule has 4 nitrogen and oxygen atoms in total. The highest BCUT2D eigenvalue weighted by molar-refractivity contribution is 5.36. The molecule has 2 rings (SSSR count). The van der Waals surface area contributed by atoms with Gasteiger partial charge in [0, 0.05) is 6.54 Å². The van der Waals surface area contributed by atoms with E-state index in [9.17, 15) is 0 Å². The summed E-state index contributed by atoms with van der Waals surface area (Å²) in [6.07, 6.45) is 10.2. The molecule has 0 amide bonds. The van der Waals surface area contributed by atoms with E-state index >= 15 is 0 Å². The average molecular weight is 190 g/mol. The second-order valence-electron chi connectivity index (χ2n) is 3.49. The Morgan fingerprint density at radius 3 is 2.79 bits per heavy atom. The normalized spacial score (nSPS) is 16.0. The summed E-state index contributed by atoms with van der Waals surface area (Å²) in [4.78, 5) is 8.06. The van der Waals surface area contributed by atoms with Crippen LogP contribution in [0.5, 0.6) is 0 Å². The minimum Gasteiger partial charge on any atom is -0.396 e. The number of allylic oxidation sites excluding steroid dienone is 1. The molecule has 0 aliphatic heterocycles. The Morgan fingerprint density at radius 1 is 1.43 bits per heavy atom. The Balaban J connectivity index is 1.76. The molecule has 0 saturated heterocycles. The Kier molecular flexibility index (Phi) is 2.62. The van der Waals surface area contributed by atoms with E-state index in [1.54, 1.807) is 12.4 Å². The van der Waals surface area contributed by atoms with Gasteiger partial charge in [0.15, 0.2) is 0 Å². The Bertz CT molecular complexity index is 313. The van der Waals surface area contributed by atoms with Crippen molar-refractivity contribution in [2.75, 3.05) is 17.6 Å². The molecule has 14 heavy (non-hydrogen) atoms. The van der Waals surface area contributed by atoms with Crippen LogP contribution in [0.1, 0.15) is 12.8 Å². The molecule has 0 bridgehead atoms. The standard InChI is InChI=1S/C10H14N4/c11-9-6-13-10(14-7-9)12-5-1-2-8-3-4-8/h1-2,6-8H,3-5,11H2,(H,12,13,14)/b2-1+. The molecule has 0 spiro atoms. The molecule has 1 aliphatic carbocycles. The van der Waals surface area contributed by atoms with Crippen LogP contribution in [0.3, 0.4) is 0 Å². The summed E-state index contributed by atoms with van der Waals surface area (Å²) in [6.45, 7) is 0.778. The monoisotopic (exact) mass is 190 g/mol. The van der Waals surface area contributed by atoms with Crippen molar-refractivity contribution in [2.24, 2.45) is 5.92 Å². The minimum atomic E-state index is 0.587. The van der Waals surface area contributed by atoms with Gasteiger partial charge in [0.2, 0.25) is 5.95 Å². The van der Waals surface area contributed by atoms with Crippen molar-refractivity contribution in [1.82, 2.24) is 9.97 Å². The van der Waals surface area contributed by atoms with E-state index in [4.69, 9.17) is 5.73 Å². The maximum absolute atomic E-state index is 5.46. The van der Waals surface area contributed by atoms with Gasteiger partial charge in [-0.1, -0.05) is 12.2 Å². The Morgan fingerprint density at radius 2 is 2.14 bits per heavy atom. The molecular weight excluding hydrogens is 176 g/mol. The van der Waals surface area contributed by atoms with Crippen LogP contribution in [-0.4, -0.2) is 16.5 Å². The quantitative estimate of drug-likeness (QED) is 0.705. The van der Waals surface area contributed by atoms with Crippen molar-refractivity contribution < 1.29 is 0 Å². The van der Waals surface area contributed by atoms with Crippen LogP contribution in [0, 0.1) is 5.92 Å². The number of anilines is 2. The van der Waals surface area contributed by atoms with Gasteiger partial charge in [-0.05, 0) is 18.8 Å². The van der Waals surface area contributed by atoms with Gasteiger partial charge >= 0.3 is 0 Å². The van der Waals surface area contributed by atoms with Crippen LogP contribution in [0.15, 0.2) is 24.5 Å². The highest BCUT2D eigenvalue weighted by Crippen LogP contribution is 2.29. The molecule has 0 radical (unpaired) electrons. The molecule has 3 N–H and O–H groups in total. The predicted octanol–water partition coefficient (Wildman–Crippen LogP) is 1.44. The molecular formula is C10H14N4. The molecule has 1 aromatic heterocycles. The van der Waals surface area contributed by atoms with E-state index in [1.807, 2.05) is 0 Å². The van der Waals surface area contributed by atoms with Crippen LogP contribution in [-0.2, 0) is 0 Å². The first-order valence-electron chi connectivity index (χ1n) is 4.82. The zero-order valence-corrected chi connectivity index (χ0v) is 7.98. The van der Waals surface area contributed by atoms with Crippen LogP contribution >= 0.6 is 0 Å². The molecule has 1 fully saturated rings. The Hall–Kier alpha value is -1.58. The second-order valence-corrected chi connectivity index (χ2v) is 3.49. The molecule has 1 aliphatic rings. The third kappa shape index (κ3) is 2.73. The maximum atomic E-state index is 5.46. The van der Waals surface area contributed by atoms with E-state index < -0.39 is 0 Å². The number of hydrogen-bond acceptors (Lipinski definition) is 4. The van der Waals surface area contributed by atoms with Crippen molar-refractivity contribution in [3.63, 3.8) is 0 Å². The minimum absolute atomic E-state index is 0.587. The van der Waals surface area contributed by atoms with Crippen LogP contribution in [0.4, 0.5) is 11.6 Å². The van der Waals surface area contributed by atoms with E-state index in [1.165, 1.54) is 12.8 Å². The van der Waals surface area contributed by atoms with E-state index in [2.05, 4.69) is 27.4 Å². The highest BCUT2D eigenvalue weighted by atomic mass is 15.1. The molecule has 1 heterocycles. The van der Waals surface area contributed by atoms with Crippen LogP contribution in [0.2, 0.25) is 0 Å². The second kappa shape index (κ2) is 4.09. The van der Waals surface area contributed by atoms with Crippen molar-refractivity contribution in [3.8, 4) is 0 Å². The summed E-state index contributed by atoms with van der Waals surface area (Å²) < 4.78 is 0. The van der Waals surface area contributed by atoms with Gasteiger partial charge in [0.1, 0.15) is 0 Å². The zero-order valence-electron chi connectivity index (χ0n) is 7.98. The third-order valence-corrected chi connectivity index (χ3v) is 2.08. The molecule has 4 heteroatoms. The number of nitrogens with one attached hydrogen (secondary N) is 1. The van der Waals surface area contributed by atoms with Crippen molar-refractivity contribution in [2.45, 2.75) is 12.8 Å². The smallest absolute Gasteiger partial charge is 0.222 e. The summed E-state index contributed by atoms with van der Waals surface area (Å²) in [7, 11) is 0. The molecule has 1 saturated carbocycles. The van der Waals surface area contributed by atoms with Gasteiger partial charge in [-0.25, -0.2) is 9.97 Å². The first-order chi connectivity index (χ1) is 6.84. The number of aromatic nitrogens is 2. The first kappa shape index (κ1) is 8.99. The summed E-state index contributed by atoms with van der Waals surface area (Å²) >= 11 is 0. The lowest BCUT2D eigenvalue weighted by Gasteiger charge is -2.00. The van der Waals surface area contributed by atoms with Gasteiger partial charge in [0.25, 0.3) is 0 Å². The summed E-state index contributed by atoms with van der Waals surface area (Å²) in [5.74, 6) is 1.45. The highest BCUT2D eigenvalue weighted by Gasteiger charge is 2.16. The fourth-order valence-corrected chi connectivity index (χ4v) is 1.13. The molecule has 74 valence electrons. The number of rotatable bonds is 4. The van der Waals surface area contributed by atoms with Gasteiger partial charge in [-0.15, -0.1) is 0 Å². The lowest BCUT2D eigenvalue weighted by molar-refractivity contribution is 1.09. The van der Waals surface area contributed by atoms with Crippen LogP contribution < -0.4 is 11.1 Å². The van der Waals surface area contributed by atoms with Crippen molar-refractivity contribution in [1.29, 1.82) is 0 Å². The number of nitrogens with zero attached hydrogens (tertiary/aromatic N) is 2. The first-order valence-corrected chi connectivity index (χ1v) is 4.82. The van der Waals surface area contributed by atoms with Crippen molar-refractivity contribution in [3.05, 3.63) is 24.5 Å². The van der Waals surface area contributed by atoms with E-state index in [-0.39, 0.29) is 0 Å². The lowest BCUT2D eigenvalue weighted by Crippen LogP contribution is -2.03. The Labute approximate surface area is 83.3 Å². The van der Waals surface area contributed by atoms with Gasteiger partial charge in [-0.2, -0.15) is 0 Å². The van der Waals surface area contributed by atoms with Crippen molar-refractivity contribution >= 4 is 11.6 Å². The lowest BCUT2D eigenvalue weighted by atomic mass is 10.4. The predicted molar refractivity (Wildman–Crippen MR) is 56.8 cm³/mol.